The molecule has 17 heavy (non-hydrogen) atoms. The van der Waals surface area contributed by atoms with Gasteiger partial charge in [0.2, 0.25) is 11.8 Å². The molecule has 1 aromatic heterocycles. The second-order valence-corrected chi connectivity index (χ2v) is 4.90. The molecule has 0 radical (unpaired) electrons. The van der Waals surface area contributed by atoms with Crippen molar-refractivity contribution in [3.63, 3.8) is 0 Å². The van der Waals surface area contributed by atoms with Gasteiger partial charge in [-0.2, -0.15) is 4.98 Å². The van der Waals surface area contributed by atoms with Gasteiger partial charge in [0.15, 0.2) is 0 Å². The molecule has 0 amide bonds. The van der Waals surface area contributed by atoms with Gasteiger partial charge >= 0.3 is 0 Å². The summed E-state index contributed by atoms with van der Waals surface area (Å²) in [5.74, 6) is 0.991. The summed E-state index contributed by atoms with van der Waals surface area (Å²) < 4.78 is 5.78. The molecule has 0 atom stereocenters. The van der Waals surface area contributed by atoms with Gasteiger partial charge in [0.1, 0.15) is 10.6 Å². The smallest absolute Gasteiger partial charge is 0.238 e. The summed E-state index contributed by atoms with van der Waals surface area (Å²) in [7, 11) is 0. The monoisotopic (exact) mass is 257 g/mol. The van der Waals surface area contributed by atoms with Gasteiger partial charge in [-0.1, -0.05) is 25.4 Å². The van der Waals surface area contributed by atoms with Crippen LogP contribution in [-0.2, 0) is 0 Å². The van der Waals surface area contributed by atoms with Crippen LogP contribution in [0.1, 0.15) is 40.5 Å². The summed E-state index contributed by atoms with van der Waals surface area (Å²) in [6.07, 6.45) is 3.46. The van der Waals surface area contributed by atoms with E-state index in [0.29, 0.717) is 16.9 Å². The van der Waals surface area contributed by atoms with Crippen LogP contribution in [-0.4, -0.2) is 22.1 Å². The molecule has 1 heterocycles. The first kappa shape index (κ1) is 14.0. The van der Waals surface area contributed by atoms with Gasteiger partial charge in [0, 0.05) is 6.54 Å². The maximum absolute atomic E-state index is 6.02. The minimum absolute atomic E-state index is 0.278. The highest BCUT2D eigenvalue weighted by atomic mass is 35.5. The number of nitrogens with zero attached hydrogens (tertiary/aromatic N) is 2. The fraction of sp³-hybridized carbons (Fsp3) is 0.667. The van der Waals surface area contributed by atoms with E-state index in [1.54, 1.807) is 6.20 Å². The number of anilines is 1. The van der Waals surface area contributed by atoms with Gasteiger partial charge in [-0.3, -0.25) is 0 Å². The molecule has 0 aliphatic carbocycles. The Morgan fingerprint density at radius 3 is 2.71 bits per heavy atom. The number of rotatable bonds is 6. The van der Waals surface area contributed by atoms with Gasteiger partial charge in [-0.15, -0.1) is 0 Å². The summed E-state index contributed by atoms with van der Waals surface area (Å²) in [6, 6.07) is 0. The second-order valence-electron chi connectivity index (χ2n) is 4.49. The van der Waals surface area contributed by atoms with E-state index in [1.807, 2.05) is 13.8 Å². The molecule has 0 fully saturated rings. The molecule has 0 aliphatic rings. The Hall–Kier alpha value is -1.03. The molecule has 1 N–H and O–H groups in total. The van der Waals surface area contributed by atoms with Crippen molar-refractivity contribution in [2.45, 2.75) is 46.1 Å². The normalized spacial score (nSPS) is 11.4. The van der Waals surface area contributed by atoms with Crippen molar-refractivity contribution in [1.82, 2.24) is 9.97 Å². The topological polar surface area (TPSA) is 47.0 Å². The van der Waals surface area contributed by atoms with E-state index < -0.39 is 0 Å². The Balaban J connectivity index is 2.83. The minimum Gasteiger partial charge on any atom is -0.470 e. The molecule has 0 saturated heterocycles. The number of halogens is 1. The number of nitrogens with one attached hydrogen (secondary N) is 1. The van der Waals surface area contributed by atoms with Crippen LogP contribution < -0.4 is 10.1 Å². The molecular formula is C12H20ClN3O. The number of aromatic nitrogens is 2. The van der Waals surface area contributed by atoms with Crippen molar-refractivity contribution in [2.24, 2.45) is 0 Å². The van der Waals surface area contributed by atoms with E-state index in [2.05, 4.69) is 29.1 Å². The average Bonchev–Trinajstić information content (AvgIpc) is 2.30. The van der Waals surface area contributed by atoms with Crippen LogP contribution in [0.25, 0.3) is 0 Å². The van der Waals surface area contributed by atoms with Crippen LogP contribution in [0.2, 0.25) is 5.02 Å². The first-order valence-electron chi connectivity index (χ1n) is 5.94. The Bertz CT molecular complexity index is 369. The molecule has 0 spiro atoms. The fourth-order valence-corrected chi connectivity index (χ4v) is 1.21. The molecule has 1 aromatic rings. The lowest BCUT2D eigenvalue weighted by molar-refractivity contribution is 0.0992. The predicted octanol–water partition coefficient (Wildman–Crippen LogP) is 3.52. The maximum Gasteiger partial charge on any atom is 0.238 e. The Morgan fingerprint density at radius 1 is 1.41 bits per heavy atom. The van der Waals surface area contributed by atoms with Gasteiger partial charge in [-0.05, 0) is 26.7 Å². The lowest BCUT2D eigenvalue weighted by atomic mass is 10.1. The first-order chi connectivity index (χ1) is 7.98. The van der Waals surface area contributed by atoms with Crippen molar-refractivity contribution in [3.05, 3.63) is 11.2 Å². The predicted molar refractivity (Wildman–Crippen MR) is 70.8 cm³/mol. The maximum atomic E-state index is 6.02. The van der Waals surface area contributed by atoms with Crippen LogP contribution in [0.15, 0.2) is 6.20 Å². The molecule has 96 valence electrons. The second kappa shape index (κ2) is 6.05. The average molecular weight is 258 g/mol. The van der Waals surface area contributed by atoms with E-state index in [0.717, 1.165) is 19.4 Å². The number of ether oxygens (including phenoxy) is 1. The molecule has 5 heteroatoms. The Labute approximate surface area is 108 Å². The third-order valence-corrected chi connectivity index (χ3v) is 2.73. The van der Waals surface area contributed by atoms with Crippen molar-refractivity contribution < 1.29 is 4.74 Å². The van der Waals surface area contributed by atoms with Gasteiger partial charge in [0.25, 0.3) is 0 Å². The zero-order valence-electron chi connectivity index (χ0n) is 10.9. The highest BCUT2D eigenvalue weighted by Gasteiger charge is 2.20. The molecular weight excluding hydrogens is 238 g/mol. The third kappa shape index (κ3) is 4.38. The van der Waals surface area contributed by atoms with Crippen molar-refractivity contribution >= 4 is 17.5 Å². The van der Waals surface area contributed by atoms with Crippen LogP contribution in [0, 0.1) is 0 Å². The Kier molecular flexibility index (Phi) is 5.00. The molecule has 0 unspecified atom stereocenters. The van der Waals surface area contributed by atoms with E-state index >= 15 is 0 Å². The third-order valence-electron chi connectivity index (χ3n) is 2.47. The summed E-state index contributed by atoms with van der Waals surface area (Å²) >= 11 is 6.02. The number of hydrogen-bond acceptors (Lipinski definition) is 4. The van der Waals surface area contributed by atoms with Crippen molar-refractivity contribution in [1.29, 1.82) is 0 Å². The van der Waals surface area contributed by atoms with Crippen molar-refractivity contribution in [3.8, 4) is 5.88 Å². The standard InChI is InChI=1S/C12H20ClN3O/c1-5-7-14-11-15-8-9(13)10(16-11)17-12(3,4)6-2/h8H,5-7H2,1-4H3,(H,14,15,16). The van der Waals surface area contributed by atoms with Gasteiger partial charge in [0.05, 0.1) is 6.20 Å². The molecule has 0 bridgehead atoms. The lowest BCUT2D eigenvalue weighted by Crippen LogP contribution is -2.27. The summed E-state index contributed by atoms with van der Waals surface area (Å²) in [6.45, 7) is 8.99. The zero-order chi connectivity index (χ0) is 12.9. The first-order valence-corrected chi connectivity index (χ1v) is 6.31. The van der Waals surface area contributed by atoms with Crippen LogP contribution >= 0.6 is 11.6 Å². The van der Waals surface area contributed by atoms with E-state index in [4.69, 9.17) is 16.3 Å². The van der Waals surface area contributed by atoms with E-state index in [-0.39, 0.29) is 5.60 Å². The molecule has 0 saturated carbocycles. The molecule has 4 nitrogen and oxygen atoms in total. The highest BCUT2D eigenvalue weighted by molar-refractivity contribution is 6.31. The summed E-state index contributed by atoms with van der Waals surface area (Å²) in [4.78, 5) is 8.36. The highest BCUT2D eigenvalue weighted by Crippen LogP contribution is 2.27. The largest absolute Gasteiger partial charge is 0.470 e. The molecule has 0 aliphatic heterocycles. The SMILES string of the molecule is CCCNc1ncc(Cl)c(OC(C)(C)CC)n1. The summed E-state index contributed by atoms with van der Waals surface area (Å²) in [5.41, 5.74) is -0.278. The van der Waals surface area contributed by atoms with E-state index in [9.17, 15) is 0 Å². The van der Waals surface area contributed by atoms with Crippen LogP contribution in [0.4, 0.5) is 5.95 Å². The molecule has 0 aromatic carbocycles. The fourth-order valence-electron chi connectivity index (χ4n) is 1.08. The van der Waals surface area contributed by atoms with E-state index in [1.165, 1.54) is 0 Å². The van der Waals surface area contributed by atoms with Gasteiger partial charge < -0.3 is 10.1 Å². The van der Waals surface area contributed by atoms with Crippen LogP contribution in [0.5, 0.6) is 5.88 Å². The van der Waals surface area contributed by atoms with Crippen LogP contribution in [0.3, 0.4) is 0 Å². The molecule has 1 rings (SSSR count). The quantitative estimate of drug-likeness (QED) is 0.847. The van der Waals surface area contributed by atoms with Crippen molar-refractivity contribution in [2.75, 3.05) is 11.9 Å². The minimum atomic E-state index is -0.278. The number of hydrogen-bond donors (Lipinski definition) is 1. The summed E-state index contributed by atoms with van der Waals surface area (Å²) in [5, 5.41) is 3.54. The zero-order valence-corrected chi connectivity index (χ0v) is 11.6. The van der Waals surface area contributed by atoms with Gasteiger partial charge in [-0.25, -0.2) is 4.98 Å². The lowest BCUT2D eigenvalue weighted by Gasteiger charge is -2.24. The Morgan fingerprint density at radius 2 is 2.12 bits per heavy atom.